The van der Waals surface area contributed by atoms with E-state index in [0.29, 0.717) is 13.2 Å². The first-order valence-corrected chi connectivity index (χ1v) is 6.26. The summed E-state index contributed by atoms with van der Waals surface area (Å²) in [5, 5.41) is 0. The Morgan fingerprint density at radius 1 is 0.944 bits per heavy atom. The molecule has 18 heavy (non-hydrogen) atoms. The van der Waals surface area contributed by atoms with Gasteiger partial charge in [0.05, 0.1) is 0 Å². The van der Waals surface area contributed by atoms with Crippen molar-refractivity contribution in [3.8, 4) is 5.75 Å². The zero-order valence-electron chi connectivity index (χ0n) is 10.7. The maximum absolute atomic E-state index is 5.79. The van der Waals surface area contributed by atoms with Gasteiger partial charge in [-0.25, -0.2) is 0 Å². The largest absolute Gasteiger partial charge is 0.489 e. The van der Waals surface area contributed by atoms with Crippen LogP contribution in [0.25, 0.3) is 0 Å². The molecule has 0 saturated heterocycles. The average Bonchev–Trinajstić information content (AvgIpc) is 2.40. The standard InChI is InChI=1S/C16H19NO/c1-13-6-8-16(9-7-13)18-12-15-5-3-2-4-14(15)10-11-17/h2-9H,10-12,17H2,1H3. The van der Waals surface area contributed by atoms with Crippen molar-refractivity contribution >= 4 is 0 Å². The van der Waals surface area contributed by atoms with E-state index < -0.39 is 0 Å². The van der Waals surface area contributed by atoms with Crippen molar-refractivity contribution in [2.24, 2.45) is 5.73 Å². The fraction of sp³-hybridized carbons (Fsp3) is 0.250. The van der Waals surface area contributed by atoms with Crippen molar-refractivity contribution in [1.82, 2.24) is 0 Å². The molecule has 0 unspecified atom stereocenters. The minimum atomic E-state index is 0.596. The van der Waals surface area contributed by atoms with Gasteiger partial charge in [-0.15, -0.1) is 0 Å². The van der Waals surface area contributed by atoms with E-state index in [1.807, 2.05) is 24.3 Å². The molecule has 0 radical (unpaired) electrons. The Labute approximate surface area is 108 Å². The molecule has 0 aromatic heterocycles. The lowest BCUT2D eigenvalue weighted by atomic mass is 10.1. The van der Waals surface area contributed by atoms with E-state index in [1.54, 1.807) is 0 Å². The predicted octanol–water partition coefficient (Wildman–Crippen LogP) is 3.08. The maximum atomic E-state index is 5.79. The molecule has 0 spiro atoms. The Bertz CT molecular complexity index is 491. The van der Waals surface area contributed by atoms with Crippen molar-refractivity contribution in [2.45, 2.75) is 20.0 Å². The van der Waals surface area contributed by atoms with E-state index in [9.17, 15) is 0 Å². The highest BCUT2D eigenvalue weighted by Crippen LogP contribution is 2.16. The first-order chi connectivity index (χ1) is 8.79. The summed E-state index contributed by atoms with van der Waals surface area (Å²) in [6.07, 6.45) is 0.896. The summed E-state index contributed by atoms with van der Waals surface area (Å²) >= 11 is 0. The van der Waals surface area contributed by atoms with Crippen LogP contribution in [0.1, 0.15) is 16.7 Å². The van der Waals surface area contributed by atoms with Crippen LogP contribution in [0.3, 0.4) is 0 Å². The number of hydrogen-bond acceptors (Lipinski definition) is 2. The lowest BCUT2D eigenvalue weighted by molar-refractivity contribution is 0.305. The Hall–Kier alpha value is -1.80. The second-order valence-electron chi connectivity index (χ2n) is 4.41. The van der Waals surface area contributed by atoms with Crippen LogP contribution in [0.5, 0.6) is 5.75 Å². The monoisotopic (exact) mass is 241 g/mol. The van der Waals surface area contributed by atoms with Crippen LogP contribution >= 0.6 is 0 Å². The number of ether oxygens (including phenoxy) is 1. The summed E-state index contributed by atoms with van der Waals surface area (Å²) in [6.45, 7) is 3.33. The SMILES string of the molecule is Cc1ccc(OCc2ccccc2CCN)cc1. The van der Waals surface area contributed by atoms with E-state index >= 15 is 0 Å². The van der Waals surface area contributed by atoms with Crippen molar-refractivity contribution in [3.05, 3.63) is 65.2 Å². The predicted molar refractivity (Wildman–Crippen MR) is 74.7 cm³/mol. The lowest BCUT2D eigenvalue weighted by Gasteiger charge is -2.10. The van der Waals surface area contributed by atoms with Gasteiger partial charge < -0.3 is 10.5 Å². The van der Waals surface area contributed by atoms with E-state index in [4.69, 9.17) is 10.5 Å². The number of benzene rings is 2. The van der Waals surface area contributed by atoms with Gasteiger partial charge in [-0.3, -0.25) is 0 Å². The van der Waals surface area contributed by atoms with Gasteiger partial charge in [-0.05, 0) is 43.1 Å². The van der Waals surface area contributed by atoms with Crippen molar-refractivity contribution < 1.29 is 4.74 Å². The number of hydrogen-bond donors (Lipinski definition) is 1. The molecule has 0 heterocycles. The van der Waals surface area contributed by atoms with Gasteiger partial charge in [0.25, 0.3) is 0 Å². The molecule has 0 aliphatic heterocycles. The first kappa shape index (κ1) is 12.7. The topological polar surface area (TPSA) is 35.2 Å². The third-order valence-electron chi connectivity index (χ3n) is 2.95. The van der Waals surface area contributed by atoms with Crippen LogP contribution in [0.15, 0.2) is 48.5 Å². The molecule has 0 fully saturated rings. The Kier molecular flexibility index (Phi) is 4.37. The van der Waals surface area contributed by atoms with Crippen LogP contribution in [0.4, 0.5) is 0 Å². The molecule has 2 aromatic carbocycles. The average molecular weight is 241 g/mol. The molecule has 2 nitrogen and oxygen atoms in total. The smallest absolute Gasteiger partial charge is 0.119 e. The van der Waals surface area contributed by atoms with Crippen molar-refractivity contribution in [2.75, 3.05) is 6.54 Å². The van der Waals surface area contributed by atoms with Gasteiger partial charge in [0.2, 0.25) is 0 Å². The molecular formula is C16H19NO. The molecule has 0 atom stereocenters. The lowest BCUT2D eigenvalue weighted by Crippen LogP contribution is -2.06. The van der Waals surface area contributed by atoms with Crippen LogP contribution in [-0.2, 0) is 13.0 Å². The summed E-state index contributed by atoms with van der Waals surface area (Å²) in [5.74, 6) is 0.906. The van der Waals surface area contributed by atoms with E-state index in [-0.39, 0.29) is 0 Å². The summed E-state index contributed by atoms with van der Waals surface area (Å²) in [6, 6.07) is 16.4. The van der Waals surface area contributed by atoms with Crippen LogP contribution < -0.4 is 10.5 Å². The second kappa shape index (κ2) is 6.22. The Morgan fingerprint density at radius 2 is 1.61 bits per heavy atom. The summed E-state index contributed by atoms with van der Waals surface area (Å²) in [4.78, 5) is 0. The molecule has 0 aliphatic carbocycles. The van der Waals surface area contributed by atoms with Crippen LogP contribution in [0, 0.1) is 6.92 Å². The van der Waals surface area contributed by atoms with Gasteiger partial charge in [0, 0.05) is 0 Å². The third-order valence-corrected chi connectivity index (χ3v) is 2.95. The third kappa shape index (κ3) is 3.34. The molecule has 0 aliphatic rings. The minimum Gasteiger partial charge on any atom is -0.489 e. The first-order valence-electron chi connectivity index (χ1n) is 6.26. The zero-order chi connectivity index (χ0) is 12.8. The van der Waals surface area contributed by atoms with E-state index in [0.717, 1.165) is 12.2 Å². The summed E-state index contributed by atoms with van der Waals surface area (Å²) in [5.41, 5.74) is 9.34. The Morgan fingerprint density at radius 3 is 2.28 bits per heavy atom. The molecule has 2 rings (SSSR count). The normalized spacial score (nSPS) is 10.3. The van der Waals surface area contributed by atoms with E-state index in [2.05, 4.69) is 31.2 Å². The molecule has 2 aromatic rings. The molecular weight excluding hydrogens is 222 g/mol. The van der Waals surface area contributed by atoms with E-state index in [1.165, 1.54) is 16.7 Å². The number of rotatable bonds is 5. The summed E-state index contributed by atoms with van der Waals surface area (Å²) in [7, 11) is 0. The molecule has 0 bridgehead atoms. The van der Waals surface area contributed by atoms with Gasteiger partial charge >= 0.3 is 0 Å². The molecule has 2 N–H and O–H groups in total. The highest BCUT2D eigenvalue weighted by atomic mass is 16.5. The Balaban J connectivity index is 2.03. The molecule has 2 heteroatoms. The minimum absolute atomic E-state index is 0.596. The van der Waals surface area contributed by atoms with Crippen molar-refractivity contribution in [1.29, 1.82) is 0 Å². The van der Waals surface area contributed by atoms with Gasteiger partial charge in [0.1, 0.15) is 12.4 Å². The van der Waals surface area contributed by atoms with Crippen LogP contribution in [0.2, 0.25) is 0 Å². The number of nitrogens with two attached hydrogens (primary N) is 1. The van der Waals surface area contributed by atoms with Gasteiger partial charge in [-0.1, -0.05) is 42.0 Å². The fourth-order valence-corrected chi connectivity index (χ4v) is 1.89. The molecule has 94 valence electrons. The fourth-order valence-electron chi connectivity index (χ4n) is 1.89. The second-order valence-corrected chi connectivity index (χ2v) is 4.41. The molecule has 0 amide bonds. The van der Waals surface area contributed by atoms with Gasteiger partial charge in [-0.2, -0.15) is 0 Å². The van der Waals surface area contributed by atoms with Gasteiger partial charge in [0.15, 0.2) is 0 Å². The van der Waals surface area contributed by atoms with Crippen molar-refractivity contribution in [3.63, 3.8) is 0 Å². The quantitative estimate of drug-likeness (QED) is 0.873. The summed E-state index contributed by atoms with van der Waals surface area (Å²) < 4.78 is 5.79. The van der Waals surface area contributed by atoms with Crippen LogP contribution in [-0.4, -0.2) is 6.54 Å². The highest BCUT2D eigenvalue weighted by Gasteiger charge is 2.02. The number of aryl methyl sites for hydroxylation is 1. The molecule has 0 saturated carbocycles. The zero-order valence-corrected chi connectivity index (χ0v) is 10.7. The maximum Gasteiger partial charge on any atom is 0.119 e. The highest BCUT2D eigenvalue weighted by molar-refractivity contribution is 5.29.